The summed E-state index contributed by atoms with van der Waals surface area (Å²) in [7, 11) is -3.52. The monoisotopic (exact) mass is 428 g/mol. The van der Waals surface area contributed by atoms with E-state index in [0.717, 1.165) is 30.6 Å². The molecule has 1 fully saturated rings. The van der Waals surface area contributed by atoms with Gasteiger partial charge in [0.2, 0.25) is 10.0 Å². The lowest BCUT2D eigenvalue weighted by molar-refractivity contribution is -0.908. The van der Waals surface area contributed by atoms with Crippen molar-refractivity contribution in [3.63, 3.8) is 0 Å². The quantitative estimate of drug-likeness (QED) is 0.783. The predicted molar refractivity (Wildman–Crippen MR) is 116 cm³/mol. The van der Waals surface area contributed by atoms with Crippen LogP contribution in [0.3, 0.4) is 0 Å². The van der Waals surface area contributed by atoms with Crippen LogP contribution in [0.4, 0.5) is 0 Å². The second-order valence-electron chi connectivity index (χ2n) is 8.40. The molecule has 160 valence electrons. The fourth-order valence-corrected chi connectivity index (χ4v) is 5.83. The molecule has 1 amide bonds. The van der Waals surface area contributed by atoms with Crippen LogP contribution in [-0.2, 0) is 27.8 Å². The third kappa shape index (κ3) is 4.29. The van der Waals surface area contributed by atoms with E-state index in [2.05, 4.69) is 24.3 Å². The molecule has 0 spiro atoms. The fraction of sp³-hybridized carbons (Fsp3) is 0.435. The molecule has 6 nitrogen and oxygen atoms in total. The zero-order valence-electron chi connectivity index (χ0n) is 17.7. The van der Waals surface area contributed by atoms with E-state index in [1.807, 2.05) is 24.8 Å². The number of aryl methyl sites for hydroxylation is 2. The molecule has 1 saturated heterocycles. The van der Waals surface area contributed by atoms with Crippen molar-refractivity contribution in [2.75, 3.05) is 39.3 Å². The molecule has 0 aliphatic carbocycles. The Bertz CT molecular complexity index is 1040. The number of fused-ring (bicyclic) bond motifs is 1. The molecule has 7 heteroatoms. The van der Waals surface area contributed by atoms with Crippen LogP contribution in [0.15, 0.2) is 47.4 Å². The van der Waals surface area contributed by atoms with Crippen LogP contribution in [0, 0.1) is 13.8 Å². The van der Waals surface area contributed by atoms with Crippen LogP contribution in [0.25, 0.3) is 0 Å². The Kier molecular flexibility index (Phi) is 5.95. The second-order valence-corrected chi connectivity index (χ2v) is 10.3. The summed E-state index contributed by atoms with van der Waals surface area (Å²) >= 11 is 0. The van der Waals surface area contributed by atoms with Gasteiger partial charge in [-0.3, -0.25) is 4.79 Å². The minimum absolute atomic E-state index is 0.118. The Morgan fingerprint density at radius 1 is 0.967 bits per heavy atom. The number of piperazine rings is 1. The lowest BCUT2D eigenvalue weighted by Crippen LogP contribution is -3.12. The number of carbonyl (C=O) groups excluding carboxylic acids is 1. The maximum absolute atomic E-state index is 13.0. The first-order valence-electron chi connectivity index (χ1n) is 10.6. The SMILES string of the molecule is Cc1ccc(S(=O)(=O)N2CCN(C(=O)C[NH+]3CCc4ccccc4C3)CC2)cc1C. The number of benzene rings is 2. The van der Waals surface area contributed by atoms with Gasteiger partial charge >= 0.3 is 0 Å². The summed E-state index contributed by atoms with van der Waals surface area (Å²) < 4.78 is 27.5. The van der Waals surface area contributed by atoms with Gasteiger partial charge in [-0.05, 0) is 42.7 Å². The maximum Gasteiger partial charge on any atom is 0.277 e. The Labute approximate surface area is 179 Å². The van der Waals surface area contributed by atoms with Crippen LogP contribution in [0.2, 0.25) is 0 Å². The number of quaternary nitrogens is 1. The van der Waals surface area contributed by atoms with Crippen molar-refractivity contribution in [1.82, 2.24) is 9.21 Å². The topological polar surface area (TPSA) is 62.1 Å². The van der Waals surface area contributed by atoms with Gasteiger partial charge in [0.1, 0.15) is 6.54 Å². The molecule has 2 aliphatic rings. The van der Waals surface area contributed by atoms with Crippen molar-refractivity contribution >= 4 is 15.9 Å². The van der Waals surface area contributed by atoms with E-state index < -0.39 is 10.0 Å². The number of carbonyl (C=O) groups is 1. The van der Waals surface area contributed by atoms with Gasteiger partial charge in [-0.15, -0.1) is 0 Å². The molecule has 1 unspecified atom stereocenters. The summed E-state index contributed by atoms with van der Waals surface area (Å²) in [5.74, 6) is 0.118. The van der Waals surface area contributed by atoms with E-state index in [1.165, 1.54) is 20.3 Å². The first-order chi connectivity index (χ1) is 14.3. The van der Waals surface area contributed by atoms with Gasteiger partial charge in [-0.1, -0.05) is 30.3 Å². The van der Waals surface area contributed by atoms with Gasteiger partial charge in [0, 0.05) is 38.2 Å². The highest BCUT2D eigenvalue weighted by Gasteiger charge is 2.32. The summed E-state index contributed by atoms with van der Waals surface area (Å²) in [5, 5.41) is 0. The fourth-order valence-electron chi connectivity index (χ4n) is 4.32. The lowest BCUT2D eigenvalue weighted by Gasteiger charge is -2.35. The van der Waals surface area contributed by atoms with E-state index in [-0.39, 0.29) is 5.91 Å². The first kappa shape index (κ1) is 21.0. The molecular formula is C23H30N3O3S+. The second kappa shape index (κ2) is 8.49. The van der Waals surface area contributed by atoms with Gasteiger partial charge in [0.25, 0.3) is 5.91 Å². The van der Waals surface area contributed by atoms with Crippen molar-refractivity contribution in [2.24, 2.45) is 0 Å². The summed E-state index contributed by atoms with van der Waals surface area (Å²) in [6.07, 6.45) is 1.00. The Balaban J connectivity index is 1.34. The highest BCUT2D eigenvalue weighted by molar-refractivity contribution is 7.89. The molecule has 0 aromatic heterocycles. The highest BCUT2D eigenvalue weighted by atomic mass is 32.2. The molecule has 30 heavy (non-hydrogen) atoms. The van der Waals surface area contributed by atoms with Crippen molar-refractivity contribution in [3.05, 3.63) is 64.7 Å². The molecule has 2 aromatic rings. The van der Waals surface area contributed by atoms with E-state index in [9.17, 15) is 13.2 Å². The van der Waals surface area contributed by atoms with E-state index in [4.69, 9.17) is 0 Å². The zero-order valence-corrected chi connectivity index (χ0v) is 18.5. The van der Waals surface area contributed by atoms with Crippen LogP contribution < -0.4 is 4.90 Å². The molecule has 1 atom stereocenters. The van der Waals surface area contributed by atoms with Crippen LogP contribution in [0.1, 0.15) is 22.3 Å². The van der Waals surface area contributed by atoms with Crippen molar-refractivity contribution < 1.29 is 18.1 Å². The smallest absolute Gasteiger partial charge is 0.277 e. The first-order valence-corrected chi connectivity index (χ1v) is 12.0. The van der Waals surface area contributed by atoms with Gasteiger partial charge < -0.3 is 9.80 Å². The molecule has 0 saturated carbocycles. The Morgan fingerprint density at radius 3 is 2.37 bits per heavy atom. The maximum atomic E-state index is 13.0. The summed E-state index contributed by atoms with van der Waals surface area (Å²) in [5.41, 5.74) is 4.76. The zero-order chi connectivity index (χ0) is 21.3. The average Bonchev–Trinajstić information content (AvgIpc) is 2.75. The average molecular weight is 429 g/mol. The molecule has 4 rings (SSSR count). The molecule has 0 bridgehead atoms. The molecule has 2 heterocycles. The molecule has 1 N–H and O–H groups in total. The van der Waals surface area contributed by atoms with Gasteiger partial charge in [-0.25, -0.2) is 8.42 Å². The standard InChI is InChI=1S/C23H29N3O3S/c1-18-7-8-22(15-19(18)2)30(28,29)26-13-11-25(12-14-26)23(27)17-24-10-9-20-5-3-4-6-21(20)16-24/h3-8,15H,9-14,16-17H2,1-2H3/p+1. The van der Waals surface area contributed by atoms with Gasteiger partial charge in [0.15, 0.2) is 6.54 Å². The summed E-state index contributed by atoms with van der Waals surface area (Å²) in [6, 6.07) is 13.7. The third-order valence-electron chi connectivity index (χ3n) is 6.42. The number of nitrogens with one attached hydrogen (secondary N) is 1. The van der Waals surface area contributed by atoms with Crippen molar-refractivity contribution in [1.29, 1.82) is 0 Å². The summed E-state index contributed by atoms with van der Waals surface area (Å²) in [4.78, 5) is 16.3. The number of nitrogens with zero attached hydrogens (tertiary/aromatic N) is 2. The van der Waals surface area contributed by atoms with E-state index >= 15 is 0 Å². The minimum atomic E-state index is -3.52. The summed E-state index contributed by atoms with van der Waals surface area (Å²) in [6.45, 7) is 7.80. The lowest BCUT2D eigenvalue weighted by atomic mass is 10.00. The number of hydrogen-bond donors (Lipinski definition) is 1. The van der Waals surface area contributed by atoms with Gasteiger partial charge in [-0.2, -0.15) is 4.31 Å². The van der Waals surface area contributed by atoms with Crippen LogP contribution >= 0.6 is 0 Å². The minimum Gasteiger partial charge on any atom is -0.335 e. The molecule has 2 aliphatic heterocycles. The Morgan fingerprint density at radius 2 is 1.67 bits per heavy atom. The van der Waals surface area contributed by atoms with Crippen molar-refractivity contribution in [3.8, 4) is 0 Å². The predicted octanol–water partition coefficient (Wildman–Crippen LogP) is 0.778. The molecule has 2 aromatic carbocycles. The number of amides is 1. The van der Waals surface area contributed by atoms with Crippen LogP contribution in [0.5, 0.6) is 0 Å². The van der Waals surface area contributed by atoms with E-state index in [0.29, 0.717) is 37.6 Å². The molecule has 0 radical (unpaired) electrons. The number of sulfonamides is 1. The Hall–Kier alpha value is -2.22. The largest absolute Gasteiger partial charge is 0.335 e. The normalized spacial score (nSPS) is 20.1. The van der Waals surface area contributed by atoms with Crippen LogP contribution in [-0.4, -0.2) is 62.8 Å². The van der Waals surface area contributed by atoms with Crippen molar-refractivity contribution in [2.45, 2.75) is 31.7 Å². The number of rotatable bonds is 4. The third-order valence-corrected chi connectivity index (χ3v) is 8.31. The van der Waals surface area contributed by atoms with Gasteiger partial charge in [0.05, 0.1) is 11.4 Å². The molecular weight excluding hydrogens is 398 g/mol. The van der Waals surface area contributed by atoms with E-state index in [1.54, 1.807) is 12.1 Å². The number of hydrogen-bond acceptors (Lipinski definition) is 3. The highest BCUT2D eigenvalue weighted by Crippen LogP contribution is 2.20.